The highest BCUT2D eigenvalue weighted by atomic mass is 16.2. The molecule has 0 aromatic heterocycles. The summed E-state index contributed by atoms with van der Waals surface area (Å²) >= 11 is 0. The van der Waals surface area contributed by atoms with Gasteiger partial charge in [-0.15, -0.1) is 0 Å². The number of benzene rings is 2. The maximum Gasteiger partial charge on any atom is 0.267 e. The fraction of sp³-hybridized carbons (Fsp3) is 0.318. The predicted molar refractivity (Wildman–Crippen MR) is 106 cm³/mol. The third kappa shape index (κ3) is 2.68. The van der Waals surface area contributed by atoms with Crippen molar-refractivity contribution in [2.75, 3.05) is 11.4 Å². The zero-order valence-electron chi connectivity index (χ0n) is 15.9. The summed E-state index contributed by atoms with van der Waals surface area (Å²) in [5.41, 5.74) is 0.662. The second kappa shape index (κ2) is 7.11. The smallest absolute Gasteiger partial charge is 0.267 e. The highest BCUT2D eigenvalue weighted by Gasteiger charge is 2.60. The lowest BCUT2D eigenvalue weighted by Crippen LogP contribution is -2.70. The van der Waals surface area contributed by atoms with Gasteiger partial charge in [-0.3, -0.25) is 19.3 Å². The molecule has 2 heterocycles. The van der Waals surface area contributed by atoms with Gasteiger partial charge in [-0.05, 0) is 24.1 Å². The largest absolute Gasteiger partial charge is 0.348 e. The molecule has 0 aliphatic carbocycles. The number of carbonyl (C=O) groups excluding carboxylic acids is 3. The van der Waals surface area contributed by atoms with Crippen LogP contribution in [0.5, 0.6) is 0 Å². The zero-order chi connectivity index (χ0) is 19.7. The van der Waals surface area contributed by atoms with Crippen LogP contribution in [0, 0.1) is 0 Å². The number of anilines is 1. The predicted octanol–water partition coefficient (Wildman–Crippen LogP) is 2.69. The molecule has 2 aromatic rings. The van der Waals surface area contributed by atoms with Crippen LogP contribution >= 0.6 is 0 Å². The minimum atomic E-state index is -1.30. The molecule has 1 N–H and O–H groups in total. The van der Waals surface area contributed by atoms with Gasteiger partial charge >= 0.3 is 0 Å². The standard InChI is InChI=1S/C22H23N3O3/c1-2-14-24-20(27)17-10-6-7-11-18(17)25-19(26)12-13-22(24,25)21(28)23-15-16-8-4-3-5-9-16/h3-11H,2,12-15H2,1H3,(H,23,28)/t22-/m1/s1. The van der Waals surface area contributed by atoms with Crippen molar-refractivity contribution in [1.82, 2.24) is 10.2 Å². The van der Waals surface area contributed by atoms with Gasteiger partial charge in [-0.2, -0.15) is 0 Å². The van der Waals surface area contributed by atoms with Crippen molar-refractivity contribution in [3.05, 3.63) is 65.7 Å². The fourth-order valence-corrected chi connectivity index (χ4v) is 4.23. The van der Waals surface area contributed by atoms with Crippen LogP contribution in [0.15, 0.2) is 54.6 Å². The van der Waals surface area contributed by atoms with E-state index in [-0.39, 0.29) is 24.1 Å². The molecule has 0 saturated carbocycles. The Labute approximate surface area is 164 Å². The van der Waals surface area contributed by atoms with Gasteiger partial charge in [-0.25, -0.2) is 0 Å². The zero-order valence-corrected chi connectivity index (χ0v) is 15.9. The van der Waals surface area contributed by atoms with E-state index in [0.717, 1.165) is 5.56 Å². The molecule has 4 rings (SSSR count). The molecular formula is C22H23N3O3. The molecule has 6 nitrogen and oxygen atoms in total. The number of nitrogens with one attached hydrogen (secondary N) is 1. The number of nitrogens with zero attached hydrogens (tertiary/aromatic N) is 2. The van der Waals surface area contributed by atoms with Gasteiger partial charge in [0, 0.05) is 25.9 Å². The minimum Gasteiger partial charge on any atom is -0.348 e. The van der Waals surface area contributed by atoms with E-state index >= 15 is 0 Å². The van der Waals surface area contributed by atoms with Crippen LogP contribution in [0.1, 0.15) is 42.1 Å². The summed E-state index contributed by atoms with van der Waals surface area (Å²) < 4.78 is 0. The lowest BCUT2D eigenvalue weighted by Gasteiger charge is -2.49. The van der Waals surface area contributed by atoms with Crippen molar-refractivity contribution in [2.45, 2.75) is 38.4 Å². The lowest BCUT2D eigenvalue weighted by atomic mass is 9.95. The number of carbonyl (C=O) groups is 3. The third-order valence-electron chi connectivity index (χ3n) is 5.48. The van der Waals surface area contributed by atoms with E-state index in [9.17, 15) is 14.4 Å². The van der Waals surface area contributed by atoms with Gasteiger partial charge in [0.15, 0.2) is 0 Å². The Morgan fingerprint density at radius 1 is 1.07 bits per heavy atom. The summed E-state index contributed by atoms with van der Waals surface area (Å²) in [5.74, 6) is -0.632. The van der Waals surface area contributed by atoms with E-state index in [4.69, 9.17) is 0 Å². The number of amides is 3. The SMILES string of the molecule is CCCN1C(=O)c2ccccc2N2C(=O)CC[C@@]12C(=O)NCc1ccccc1. The Bertz CT molecular complexity index is 928. The Kier molecular flexibility index (Phi) is 4.63. The van der Waals surface area contributed by atoms with Crippen molar-refractivity contribution in [3.63, 3.8) is 0 Å². The Morgan fingerprint density at radius 2 is 1.79 bits per heavy atom. The molecule has 2 aliphatic heterocycles. The topological polar surface area (TPSA) is 69.7 Å². The maximum absolute atomic E-state index is 13.5. The molecule has 144 valence electrons. The van der Waals surface area contributed by atoms with Crippen LogP contribution < -0.4 is 10.2 Å². The van der Waals surface area contributed by atoms with Crippen LogP contribution in [0.2, 0.25) is 0 Å². The summed E-state index contributed by atoms with van der Waals surface area (Å²) in [6.45, 7) is 2.72. The van der Waals surface area contributed by atoms with E-state index in [1.165, 1.54) is 0 Å². The molecular weight excluding hydrogens is 354 g/mol. The molecule has 0 unspecified atom stereocenters. The van der Waals surface area contributed by atoms with Gasteiger partial charge in [0.05, 0.1) is 11.3 Å². The minimum absolute atomic E-state index is 0.129. The number of hydrogen-bond donors (Lipinski definition) is 1. The van der Waals surface area contributed by atoms with Gasteiger partial charge in [-0.1, -0.05) is 49.4 Å². The first-order valence-corrected chi connectivity index (χ1v) is 9.66. The van der Waals surface area contributed by atoms with Gasteiger partial charge in [0.1, 0.15) is 0 Å². The Hall–Kier alpha value is -3.15. The Morgan fingerprint density at radius 3 is 2.54 bits per heavy atom. The molecule has 1 saturated heterocycles. The molecule has 3 amide bonds. The van der Waals surface area contributed by atoms with Gasteiger partial charge in [0.25, 0.3) is 11.8 Å². The molecule has 0 spiro atoms. The van der Waals surface area contributed by atoms with Crippen LogP contribution in [0.25, 0.3) is 0 Å². The second-order valence-electron chi connectivity index (χ2n) is 7.19. The first-order chi connectivity index (χ1) is 13.6. The van der Waals surface area contributed by atoms with E-state index in [1.54, 1.807) is 34.1 Å². The van der Waals surface area contributed by atoms with Crippen LogP contribution in [0.4, 0.5) is 5.69 Å². The summed E-state index contributed by atoms with van der Waals surface area (Å²) in [6, 6.07) is 16.6. The molecule has 1 atom stereocenters. The molecule has 6 heteroatoms. The first kappa shape index (κ1) is 18.2. The van der Waals surface area contributed by atoms with Crippen molar-refractivity contribution in [2.24, 2.45) is 0 Å². The normalized spacial score (nSPS) is 20.8. The van der Waals surface area contributed by atoms with Crippen LogP contribution in [-0.2, 0) is 16.1 Å². The second-order valence-corrected chi connectivity index (χ2v) is 7.19. The van der Waals surface area contributed by atoms with Crippen LogP contribution in [-0.4, -0.2) is 34.8 Å². The van der Waals surface area contributed by atoms with Crippen molar-refractivity contribution < 1.29 is 14.4 Å². The quantitative estimate of drug-likeness (QED) is 0.871. The molecule has 1 fully saturated rings. The third-order valence-corrected chi connectivity index (χ3v) is 5.48. The van der Waals surface area contributed by atoms with E-state index in [1.807, 2.05) is 37.3 Å². The maximum atomic E-state index is 13.5. The number of hydrogen-bond acceptors (Lipinski definition) is 3. The van der Waals surface area contributed by atoms with Crippen molar-refractivity contribution in [3.8, 4) is 0 Å². The monoisotopic (exact) mass is 377 g/mol. The average molecular weight is 377 g/mol. The molecule has 2 aromatic carbocycles. The number of para-hydroxylation sites is 1. The fourth-order valence-electron chi connectivity index (χ4n) is 4.23. The lowest BCUT2D eigenvalue weighted by molar-refractivity contribution is -0.133. The van der Waals surface area contributed by atoms with Gasteiger partial charge < -0.3 is 10.2 Å². The van der Waals surface area contributed by atoms with Crippen LogP contribution in [0.3, 0.4) is 0 Å². The van der Waals surface area contributed by atoms with E-state index in [2.05, 4.69) is 5.32 Å². The first-order valence-electron chi connectivity index (χ1n) is 9.66. The number of rotatable bonds is 5. The summed E-state index contributed by atoms with van der Waals surface area (Å²) in [5, 5.41) is 2.96. The van der Waals surface area contributed by atoms with Gasteiger partial charge in [0.2, 0.25) is 11.6 Å². The van der Waals surface area contributed by atoms with E-state index in [0.29, 0.717) is 37.2 Å². The van der Waals surface area contributed by atoms with E-state index < -0.39 is 5.66 Å². The molecule has 0 radical (unpaired) electrons. The summed E-state index contributed by atoms with van der Waals surface area (Å²) in [7, 11) is 0. The van der Waals surface area contributed by atoms with Crippen molar-refractivity contribution in [1.29, 1.82) is 0 Å². The number of fused-ring (bicyclic) bond motifs is 3. The van der Waals surface area contributed by atoms with Crippen molar-refractivity contribution >= 4 is 23.4 Å². The highest BCUT2D eigenvalue weighted by Crippen LogP contribution is 2.44. The summed E-state index contributed by atoms with van der Waals surface area (Å²) in [6.07, 6.45) is 1.23. The Balaban J connectivity index is 1.75. The summed E-state index contributed by atoms with van der Waals surface area (Å²) in [4.78, 5) is 42.7. The average Bonchev–Trinajstić information content (AvgIpc) is 3.08. The molecule has 0 bridgehead atoms. The molecule has 2 aliphatic rings. The molecule has 28 heavy (non-hydrogen) atoms. The highest BCUT2D eigenvalue weighted by molar-refractivity contribution is 6.16.